The van der Waals surface area contributed by atoms with Crippen molar-refractivity contribution in [1.29, 1.82) is 0 Å². The largest absolute Gasteiger partial charge is 0.364 e. The molecule has 1 amide bonds. The minimum Gasteiger partial charge on any atom is -0.364 e. The van der Waals surface area contributed by atoms with Gasteiger partial charge in [-0.3, -0.25) is 4.79 Å². The van der Waals surface area contributed by atoms with E-state index in [9.17, 15) is 4.79 Å². The number of amides is 1. The molecule has 0 saturated carbocycles. The maximum Gasteiger partial charge on any atom is 0.222 e. The van der Waals surface area contributed by atoms with E-state index in [0.717, 1.165) is 58.1 Å². The van der Waals surface area contributed by atoms with Crippen molar-refractivity contribution >= 4 is 17.6 Å². The summed E-state index contributed by atoms with van der Waals surface area (Å²) in [6, 6.07) is 8.60. The van der Waals surface area contributed by atoms with Gasteiger partial charge in [-0.1, -0.05) is 24.3 Å². The first-order valence-electron chi connectivity index (χ1n) is 10.0. The molecule has 0 bridgehead atoms. The zero-order valence-electron chi connectivity index (χ0n) is 16.3. The van der Waals surface area contributed by atoms with Crippen LogP contribution in [0.3, 0.4) is 0 Å². The fourth-order valence-electron chi connectivity index (χ4n) is 3.47. The monoisotopic (exact) mass is 369 g/mol. The van der Waals surface area contributed by atoms with Crippen LogP contribution in [0, 0.1) is 0 Å². The normalized spacial score (nSPS) is 17.1. The first-order valence-corrected chi connectivity index (χ1v) is 10.0. The van der Waals surface area contributed by atoms with Crippen molar-refractivity contribution in [2.24, 2.45) is 4.99 Å². The minimum atomic E-state index is 0.295. The summed E-state index contributed by atoms with van der Waals surface area (Å²) in [6.07, 6.45) is 7.06. The quantitative estimate of drug-likeness (QED) is 0.319. The van der Waals surface area contributed by atoms with Gasteiger partial charge in [0, 0.05) is 51.4 Å². The molecule has 0 aliphatic carbocycles. The van der Waals surface area contributed by atoms with Gasteiger partial charge in [0.2, 0.25) is 5.91 Å². The van der Waals surface area contributed by atoms with Crippen LogP contribution in [-0.4, -0.2) is 56.0 Å². The second kappa shape index (κ2) is 10.00. The van der Waals surface area contributed by atoms with Crippen LogP contribution in [-0.2, 0) is 11.3 Å². The molecule has 1 saturated heterocycles. The molecule has 6 nitrogen and oxygen atoms in total. The average Bonchev–Trinajstić information content (AvgIpc) is 3.35. The number of nitrogens with one attached hydrogen (secondary N) is 2. The number of rotatable bonds is 8. The zero-order chi connectivity index (χ0) is 18.9. The van der Waals surface area contributed by atoms with E-state index in [4.69, 9.17) is 4.99 Å². The first-order chi connectivity index (χ1) is 13.3. The standard InChI is InChI=1S/C21H31N5O/c1-2-22-21(23-11-7-15-26-14-6-10-20(26)27)24-17-18-8-5-9-19(16-18)25-12-3-4-13-25/h3-5,8-9,16H,2,6-7,10-15,17H2,1H3,(H2,22,23,24). The predicted molar refractivity (Wildman–Crippen MR) is 111 cm³/mol. The Morgan fingerprint density at radius 2 is 2.07 bits per heavy atom. The van der Waals surface area contributed by atoms with E-state index in [0.29, 0.717) is 18.9 Å². The van der Waals surface area contributed by atoms with Crippen molar-refractivity contribution in [3.8, 4) is 0 Å². The lowest BCUT2D eigenvalue weighted by Gasteiger charge is -2.18. The van der Waals surface area contributed by atoms with Crippen LogP contribution >= 0.6 is 0 Å². The Hall–Kier alpha value is -2.50. The van der Waals surface area contributed by atoms with Crippen molar-refractivity contribution in [2.45, 2.75) is 32.7 Å². The highest BCUT2D eigenvalue weighted by Crippen LogP contribution is 2.18. The lowest BCUT2D eigenvalue weighted by Crippen LogP contribution is -2.39. The summed E-state index contributed by atoms with van der Waals surface area (Å²) in [6.45, 7) is 8.07. The van der Waals surface area contributed by atoms with E-state index >= 15 is 0 Å². The molecule has 146 valence electrons. The lowest BCUT2D eigenvalue weighted by molar-refractivity contribution is -0.127. The molecule has 6 heteroatoms. The third-order valence-electron chi connectivity index (χ3n) is 4.93. The maximum absolute atomic E-state index is 11.6. The Morgan fingerprint density at radius 3 is 2.81 bits per heavy atom. The molecule has 0 atom stereocenters. The molecule has 1 fully saturated rings. The minimum absolute atomic E-state index is 0.295. The summed E-state index contributed by atoms with van der Waals surface area (Å²) in [5.41, 5.74) is 2.46. The van der Waals surface area contributed by atoms with Crippen LogP contribution in [0.2, 0.25) is 0 Å². The number of guanidine groups is 1. The number of benzene rings is 1. The third kappa shape index (κ3) is 5.74. The Labute approximate surface area is 162 Å². The second-order valence-electron chi connectivity index (χ2n) is 7.01. The predicted octanol–water partition coefficient (Wildman–Crippen LogP) is 2.13. The van der Waals surface area contributed by atoms with Gasteiger partial charge in [-0.15, -0.1) is 0 Å². The summed E-state index contributed by atoms with van der Waals surface area (Å²) < 4.78 is 0. The van der Waals surface area contributed by atoms with Gasteiger partial charge in [-0.25, -0.2) is 4.99 Å². The van der Waals surface area contributed by atoms with Crippen molar-refractivity contribution in [1.82, 2.24) is 15.5 Å². The smallest absolute Gasteiger partial charge is 0.222 e. The Kier molecular flexibility index (Phi) is 7.13. The summed E-state index contributed by atoms with van der Waals surface area (Å²) in [5.74, 6) is 1.13. The Bertz CT molecular complexity index is 677. The van der Waals surface area contributed by atoms with Gasteiger partial charge in [-0.2, -0.15) is 0 Å². The van der Waals surface area contributed by atoms with Gasteiger partial charge in [0.25, 0.3) is 0 Å². The van der Waals surface area contributed by atoms with E-state index in [1.807, 2.05) is 4.90 Å². The van der Waals surface area contributed by atoms with E-state index in [1.54, 1.807) is 0 Å². The van der Waals surface area contributed by atoms with Crippen LogP contribution in [0.1, 0.15) is 31.7 Å². The number of likely N-dealkylation sites (tertiary alicyclic amines) is 1. The van der Waals surface area contributed by atoms with Gasteiger partial charge in [0.05, 0.1) is 6.54 Å². The maximum atomic E-state index is 11.6. The fraction of sp³-hybridized carbons (Fsp3) is 0.524. The molecule has 27 heavy (non-hydrogen) atoms. The highest BCUT2D eigenvalue weighted by atomic mass is 16.2. The van der Waals surface area contributed by atoms with Crippen LogP contribution in [0.15, 0.2) is 41.4 Å². The van der Waals surface area contributed by atoms with E-state index in [1.165, 1.54) is 11.3 Å². The number of hydrogen-bond acceptors (Lipinski definition) is 3. The molecule has 1 aromatic carbocycles. The third-order valence-corrected chi connectivity index (χ3v) is 4.93. The van der Waals surface area contributed by atoms with Crippen molar-refractivity contribution in [3.05, 3.63) is 42.0 Å². The molecular formula is C21H31N5O. The molecular weight excluding hydrogens is 338 g/mol. The Morgan fingerprint density at radius 1 is 1.22 bits per heavy atom. The van der Waals surface area contributed by atoms with Crippen LogP contribution in [0.25, 0.3) is 0 Å². The summed E-state index contributed by atoms with van der Waals surface area (Å²) in [4.78, 5) is 20.7. The SMILES string of the molecule is CCNC(=NCc1cccc(N2CC=CC2)c1)NCCCN1CCCC1=O. The highest BCUT2D eigenvalue weighted by molar-refractivity contribution is 5.80. The molecule has 0 aromatic heterocycles. The number of anilines is 1. The number of aliphatic imine (C=N–C) groups is 1. The van der Waals surface area contributed by atoms with E-state index in [-0.39, 0.29) is 0 Å². The molecule has 0 spiro atoms. The number of hydrogen-bond donors (Lipinski definition) is 2. The van der Waals surface area contributed by atoms with Crippen LogP contribution in [0.4, 0.5) is 5.69 Å². The topological polar surface area (TPSA) is 60.0 Å². The van der Waals surface area contributed by atoms with E-state index in [2.05, 4.69) is 58.9 Å². The first kappa shape index (κ1) is 19.3. The Balaban J connectivity index is 1.48. The molecule has 2 aliphatic heterocycles. The molecule has 3 rings (SSSR count). The summed E-state index contributed by atoms with van der Waals surface area (Å²) >= 11 is 0. The van der Waals surface area contributed by atoms with Gasteiger partial charge in [-0.05, 0) is 37.5 Å². The average molecular weight is 370 g/mol. The van der Waals surface area contributed by atoms with Gasteiger partial charge in [0.15, 0.2) is 5.96 Å². The fourth-order valence-corrected chi connectivity index (χ4v) is 3.47. The number of nitrogens with zero attached hydrogens (tertiary/aromatic N) is 3. The van der Waals surface area contributed by atoms with Crippen LogP contribution < -0.4 is 15.5 Å². The van der Waals surface area contributed by atoms with Gasteiger partial charge in [0.1, 0.15) is 0 Å². The molecule has 0 radical (unpaired) electrons. The molecule has 2 heterocycles. The summed E-state index contributed by atoms with van der Waals surface area (Å²) in [7, 11) is 0. The van der Waals surface area contributed by atoms with Crippen molar-refractivity contribution in [2.75, 3.05) is 44.2 Å². The van der Waals surface area contributed by atoms with Crippen LogP contribution in [0.5, 0.6) is 0 Å². The lowest BCUT2D eigenvalue weighted by atomic mass is 10.2. The van der Waals surface area contributed by atoms with Gasteiger partial charge < -0.3 is 20.4 Å². The number of carbonyl (C=O) groups is 1. The molecule has 0 unspecified atom stereocenters. The molecule has 1 aromatic rings. The molecule has 2 aliphatic rings. The number of carbonyl (C=O) groups excluding carboxylic acids is 1. The van der Waals surface area contributed by atoms with E-state index < -0.39 is 0 Å². The zero-order valence-corrected chi connectivity index (χ0v) is 16.3. The van der Waals surface area contributed by atoms with Gasteiger partial charge >= 0.3 is 0 Å². The van der Waals surface area contributed by atoms with Crippen molar-refractivity contribution in [3.63, 3.8) is 0 Å². The second-order valence-corrected chi connectivity index (χ2v) is 7.01. The van der Waals surface area contributed by atoms with Crippen molar-refractivity contribution < 1.29 is 4.79 Å². The molecule has 2 N–H and O–H groups in total. The summed E-state index contributed by atoms with van der Waals surface area (Å²) in [5, 5.41) is 6.68. The highest BCUT2D eigenvalue weighted by Gasteiger charge is 2.18.